The number of nitrogens with zero attached hydrogens (tertiary/aromatic N) is 2. The summed E-state index contributed by atoms with van der Waals surface area (Å²) in [6.45, 7) is 0.688. The second kappa shape index (κ2) is 5.48. The molecular formula is C16H18N4. The van der Waals surface area contributed by atoms with Crippen molar-refractivity contribution >= 4 is 16.7 Å². The SMILES string of the molecule is N#Cc1cc2ccccc2nc1NC1CCCC1CN. The minimum Gasteiger partial charge on any atom is -0.366 e. The first-order valence-electron chi connectivity index (χ1n) is 7.08. The van der Waals surface area contributed by atoms with Crippen LogP contribution in [0.15, 0.2) is 30.3 Å². The lowest BCUT2D eigenvalue weighted by Gasteiger charge is -2.20. The van der Waals surface area contributed by atoms with Crippen LogP contribution in [-0.4, -0.2) is 17.6 Å². The molecule has 3 N–H and O–H groups in total. The van der Waals surface area contributed by atoms with E-state index in [0.29, 0.717) is 29.9 Å². The normalized spacial score (nSPS) is 21.8. The van der Waals surface area contributed by atoms with Gasteiger partial charge in [0.05, 0.1) is 11.1 Å². The molecule has 1 fully saturated rings. The average Bonchev–Trinajstić information content (AvgIpc) is 2.93. The van der Waals surface area contributed by atoms with Crippen LogP contribution in [0, 0.1) is 17.2 Å². The van der Waals surface area contributed by atoms with E-state index in [4.69, 9.17) is 5.73 Å². The highest BCUT2D eigenvalue weighted by Crippen LogP contribution is 2.29. The van der Waals surface area contributed by atoms with Gasteiger partial charge in [-0.3, -0.25) is 0 Å². The average molecular weight is 266 g/mol. The number of nitriles is 1. The topological polar surface area (TPSA) is 74.7 Å². The van der Waals surface area contributed by atoms with Gasteiger partial charge in [0, 0.05) is 11.4 Å². The summed E-state index contributed by atoms with van der Waals surface area (Å²) in [7, 11) is 0. The largest absolute Gasteiger partial charge is 0.366 e. The first-order valence-corrected chi connectivity index (χ1v) is 7.08. The number of fused-ring (bicyclic) bond motifs is 1. The maximum atomic E-state index is 9.32. The van der Waals surface area contributed by atoms with E-state index in [2.05, 4.69) is 16.4 Å². The zero-order chi connectivity index (χ0) is 13.9. The Morgan fingerprint density at radius 2 is 2.20 bits per heavy atom. The molecule has 0 bridgehead atoms. The van der Waals surface area contributed by atoms with Crippen molar-refractivity contribution in [2.75, 3.05) is 11.9 Å². The summed E-state index contributed by atoms with van der Waals surface area (Å²) in [6.07, 6.45) is 3.44. The Bertz CT molecular complexity index is 659. The van der Waals surface area contributed by atoms with Gasteiger partial charge in [-0.1, -0.05) is 24.6 Å². The first kappa shape index (κ1) is 12.9. The second-order valence-corrected chi connectivity index (χ2v) is 5.37. The Hall–Kier alpha value is -2.12. The fourth-order valence-corrected chi connectivity index (χ4v) is 3.00. The third-order valence-electron chi connectivity index (χ3n) is 4.13. The van der Waals surface area contributed by atoms with E-state index in [9.17, 15) is 5.26 Å². The predicted molar refractivity (Wildman–Crippen MR) is 80.3 cm³/mol. The molecule has 1 heterocycles. The summed E-state index contributed by atoms with van der Waals surface area (Å²) in [5.41, 5.74) is 7.33. The van der Waals surface area contributed by atoms with Crippen LogP contribution in [0.25, 0.3) is 10.9 Å². The van der Waals surface area contributed by atoms with Crippen LogP contribution in [0.4, 0.5) is 5.82 Å². The highest BCUT2D eigenvalue weighted by molar-refractivity contribution is 5.82. The van der Waals surface area contributed by atoms with E-state index in [-0.39, 0.29) is 0 Å². The van der Waals surface area contributed by atoms with Crippen molar-refractivity contribution in [1.29, 1.82) is 5.26 Å². The third kappa shape index (κ3) is 2.33. The lowest BCUT2D eigenvalue weighted by atomic mass is 10.0. The lowest BCUT2D eigenvalue weighted by molar-refractivity contribution is 0.515. The summed E-state index contributed by atoms with van der Waals surface area (Å²) in [6, 6.07) is 12.3. The maximum absolute atomic E-state index is 9.32. The Morgan fingerprint density at radius 3 is 3.00 bits per heavy atom. The lowest BCUT2D eigenvalue weighted by Crippen LogP contribution is -2.30. The Balaban J connectivity index is 1.96. The Labute approximate surface area is 118 Å². The van der Waals surface area contributed by atoms with Crippen LogP contribution in [0.2, 0.25) is 0 Å². The van der Waals surface area contributed by atoms with Crippen molar-refractivity contribution in [3.8, 4) is 6.07 Å². The number of nitrogens with two attached hydrogens (primary N) is 1. The molecule has 2 atom stereocenters. The molecule has 2 aromatic rings. The van der Waals surface area contributed by atoms with Gasteiger partial charge in [0.2, 0.25) is 0 Å². The van der Waals surface area contributed by atoms with Gasteiger partial charge in [-0.15, -0.1) is 0 Å². The molecule has 1 aliphatic carbocycles. The molecule has 1 aliphatic rings. The van der Waals surface area contributed by atoms with E-state index < -0.39 is 0 Å². The number of para-hydroxylation sites is 1. The van der Waals surface area contributed by atoms with Gasteiger partial charge in [0.15, 0.2) is 0 Å². The van der Waals surface area contributed by atoms with E-state index in [1.165, 1.54) is 6.42 Å². The summed E-state index contributed by atoms with van der Waals surface area (Å²) in [5.74, 6) is 1.17. The minimum atomic E-state index is 0.334. The van der Waals surface area contributed by atoms with Crippen LogP contribution >= 0.6 is 0 Å². The summed E-state index contributed by atoms with van der Waals surface area (Å²) in [4.78, 5) is 4.60. The van der Waals surface area contributed by atoms with Crippen LogP contribution < -0.4 is 11.1 Å². The molecule has 3 rings (SSSR count). The van der Waals surface area contributed by atoms with Crippen LogP contribution in [-0.2, 0) is 0 Å². The highest BCUT2D eigenvalue weighted by Gasteiger charge is 2.26. The molecule has 1 aromatic carbocycles. The molecular weight excluding hydrogens is 248 g/mol. The fraction of sp³-hybridized carbons (Fsp3) is 0.375. The molecule has 4 heteroatoms. The van der Waals surface area contributed by atoms with Crippen LogP contribution in [0.3, 0.4) is 0 Å². The Morgan fingerprint density at radius 1 is 1.35 bits per heavy atom. The molecule has 0 amide bonds. The zero-order valence-electron chi connectivity index (χ0n) is 11.3. The number of benzene rings is 1. The van der Waals surface area contributed by atoms with Gasteiger partial charge in [-0.25, -0.2) is 4.98 Å². The summed E-state index contributed by atoms with van der Waals surface area (Å²) >= 11 is 0. The molecule has 0 radical (unpaired) electrons. The van der Waals surface area contributed by atoms with Crippen molar-refractivity contribution in [2.24, 2.45) is 11.7 Å². The molecule has 2 unspecified atom stereocenters. The third-order valence-corrected chi connectivity index (χ3v) is 4.13. The molecule has 1 saturated carbocycles. The highest BCUT2D eigenvalue weighted by atomic mass is 15.0. The summed E-state index contributed by atoms with van der Waals surface area (Å²) in [5, 5.41) is 13.8. The van der Waals surface area contributed by atoms with Crippen molar-refractivity contribution in [1.82, 2.24) is 4.98 Å². The van der Waals surface area contributed by atoms with Crippen molar-refractivity contribution in [3.05, 3.63) is 35.9 Å². The maximum Gasteiger partial charge on any atom is 0.144 e. The predicted octanol–water partition coefficient (Wildman–Crippen LogP) is 2.65. The number of hydrogen-bond donors (Lipinski definition) is 2. The Kier molecular flexibility index (Phi) is 3.53. The van der Waals surface area contributed by atoms with E-state index >= 15 is 0 Å². The number of rotatable bonds is 3. The molecule has 0 saturated heterocycles. The molecule has 4 nitrogen and oxygen atoms in total. The van der Waals surface area contributed by atoms with Crippen LogP contribution in [0.5, 0.6) is 0 Å². The molecule has 0 spiro atoms. The molecule has 102 valence electrons. The van der Waals surface area contributed by atoms with Crippen molar-refractivity contribution in [2.45, 2.75) is 25.3 Å². The minimum absolute atomic E-state index is 0.334. The second-order valence-electron chi connectivity index (χ2n) is 5.37. The van der Waals surface area contributed by atoms with Crippen molar-refractivity contribution in [3.63, 3.8) is 0 Å². The number of nitrogens with one attached hydrogen (secondary N) is 1. The van der Waals surface area contributed by atoms with E-state index in [1.807, 2.05) is 30.3 Å². The van der Waals surface area contributed by atoms with Gasteiger partial charge >= 0.3 is 0 Å². The standard InChI is InChI=1S/C16H18N4/c17-9-12-5-3-7-15(12)20-16-13(10-18)8-11-4-1-2-6-14(11)19-16/h1-2,4,6,8,12,15H,3,5,7,9,17H2,(H,19,20). The number of aromatic nitrogens is 1. The van der Waals surface area contributed by atoms with Gasteiger partial charge in [-0.2, -0.15) is 5.26 Å². The molecule has 20 heavy (non-hydrogen) atoms. The summed E-state index contributed by atoms with van der Waals surface area (Å²) < 4.78 is 0. The van der Waals surface area contributed by atoms with Gasteiger partial charge in [-0.05, 0) is 37.4 Å². The first-order chi connectivity index (χ1) is 9.81. The van der Waals surface area contributed by atoms with Crippen LogP contribution in [0.1, 0.15) is 24.8 Å². The van der Waals surface area contributed by atoms with E-state index in [1.54, 1.807) is 0 Å². The molecule has 1 aromatic heterocycles. The number of hydrogen-bond acceptors (Lipinski definition) is 4. The number of pyridine rings is 1. The van der Waals surface area contributed by atoms with E-state index in [0.717, 1.165) is 23.7 Å². The van der Waals surface area contributed by atoms with Crippen molar-refractivity contribution < 1.29 is 0 Å². The fourth-order valence-electron chi connectivity index (χ4n) is 3.00. The smallest absolute Gasteiger partial charge is 0.144 e. The van der Waals surface area contributed by atoms with Gasteiger partial charge in [0.1, 0.15) is 11.9 Å². The van der Waals surface area contributed by atoms with Gasteiger partial charge in [0.25, 0.3) is 0 Å². The zero-order valence-corrected chi connectivity index (χ0v) is 11.3. The van der Waals surface area contributed by atoms with Gasteiger partial charge < -0.3 is 11.1 Å². The number of anilines is 1. The monoisotopic (exact) mass is 266 g/mol. The molecule has 0 aliphatic heterocycles. The quantitative estimate of drug-likeness (QED) is 0.895.